The van der Waals surface area contributed by atoms with E-state index in [4.69, 9.17) is 15.2 Å². The summed E-state index contributed by atoms with van der Waals surface area (Å²) in [5.41, 5.74) is 6.09. The number of nitrogen functional groups attached to an aromatic ring is 1. The SMILES string of the molecule is CCn1c(NC(=O)c2cnc(N)nc2)nc2c(OC)c(OCCN3CCC(C)(C)CC3)ccc2c1=O. The highest BCUT2D eigenvalue weighted by molar-refractivity contribution is 6.03. The molecule has 0 aliphatic carbocycles. The van der Waals surface area contributed by atoms with Crippen molar-refractivity contribution >= 4 is 28.7 Å². The zero-order chi connectivity index (χ0) is 25.9. The molecule has 36 heavy (non-hydrogen) atoms. The van der Waals surface area contributed by atoms with Gasteiger partial charge in [0, 0.05) is 25.5 Å². The number of methoxy groups -OCH3 is 1. The number of amides is 1. The van der Waals surface area contributed by atoms with Crippen LogP contribution >= 0.6 is 0 Å². The summed E-state index contributed by atoms with van der Waals surface area (Å²) >= 11 is 0. The zero-order valence-corrected chi connectivity index (χ0v) is 21.2. The number of ether oxygens (including phenoxy) is 2. The van der Waals surface area contributed by atoms with Gasteiger partial charge in [-0.25, -0.2) is 15.0 Å². The van der Waals surface area contributed by atoms with Crippen molar-refractivity contribution in [2.24, 2.45) is 5.41 Å². The number of nitrogens with two attached hydrogens (primary N) is 1. The number of carbonyl (C=O) groups is 1. The molecule has 0 spiro atoms. The Morgan fingerprint density at radius 3 is 2.53 bits per heavy atom. The van der Waals surface area contributed by atoms with Gasteiger partial charge in [0.15, 0.2) is 11.5 Å². The molecule has 3 N–H and O–H groups in total. The summed E-state index contributed by atoms with van der Waals surface area (Å²) in [6, 6.07) is 3.41. The Balaban J connectivity index is 1.59. The van der Waals surface area contributed by atoms with Crippen LogP contribution in [0.4, 0.5) is 11.9 Å². The summed E-state index contributed by atoms with van der Waals surface area (Å²) in [4.78, 5) is 40.6. The molecule has 192 valence electrons. The number of rotatable bonds is 8. The highest BCUT2D eigenvalue weighted by atomic mass is 16.5. The third kappa shape index (κ3) is 5.40. The third-order valence-corrected chi connectivity index (χ3v) is 6.60. The molecule has 3 aromatic rings. The number of anilines is 2. The molecule has 1 aliphatic heterocycles. The van der Waals surface area contributed by atoms with Gasteiger partial charge in [0.2, 0.25) is 11.9 Å². The van der Waals surface area contributed by atoms with E-state index in [9.17, 15) is 9.59 Å². The Morgan fingerprint density at radius 1 is 1.19 bits per heavy atom. The van der Waals surface area contributed by atoms with E-state index < -0.39 is 5.91 Å². The topological polar surface area (TPSA) is 137 Å². The summed E-state index contributed by atoms with van der Waals surface area (Å²) in [6.07, 6.45) is 4.94. The highest BCUT2D eigenvalue weighted by Gasteiger charge is 2.25. The average molecular weight is 496 g/mol. The van der Waals surface area contributed by atoms with Crippen LogP contribution in [-0.4, -0.2) is 63.7 Å². The average Bonchev–Trinajstić information content (AvgIpc) is 2.85. The zero-order valence-electron chi connectivity index (χ0n) is 21.2. The molecule has 1 aliphatic rings. The van der Waals surface area contributed by atoms with Gasteiger partial charge >= 0.3 is 0 Å². The van der Waals surface area contributed by atoms with Crippen molar-refractivity contribution in [2.75, 3.05) is 44.4 Å². The van der Waals surface area contributed by atoms with Crippen LogP contribution in [0.25, 0.3) is 10.9 Å². The van der Waals surface area contributed by atoms with E-state index >= 15 is 0 Å². The van der Waals surface area contributed by atoms with Crippen LogP contribution in [0.15, 0.2) is 29.3 Å². The smallest absolute Gasteiger partial charge is 0.262 e. The summed E-state index contributed by atoms with van der Waals surface area (Å²) in [5, 5.41) is 3.05. The molecular weight excluding hydrogens is 462 g/mol. The van der Waals surface area contributed by atoms with Gasteiger partial charge in [-0.1, -0.05) is 13.8 Å². The van der Waals surface area contributed by atoms with Gasteiger partial charge in [-0.3, -0.25) is 24.4 Å². The number of piperidine rings is 1. The van der Waals surface area contributed by atoms with E-state index in [2.05, 4.69) is 39.0 Å². The van der Waals surface area contributed by atoms with Crippen LogP contribution in [0.5, 0.6) is 11.5 Å². The third-order valence-electron chi connectivity index (χ3n) is 6.60. The second-order valence-electron chi connectivity index (χ2n) is 9.62. The van der Waals surface area contributed by atoms with Crippen LogP contribution in [-0.2, 0) is 6.54 Å². The minimum atomic E-state index is -0.514. The van der Waals surface area contributed by atoms with Gasteiger partial charge in [0.1, 0.15) is 12.1 Å². The fourth-order valence-electron chi connectivity index (χ4n) is 4.24. The predicted molar refractivity (Wildman–Crippen MR) is 138 cm³/mol. The summed E-state index contributed by atoms with van der Waals surface area (Å²) < 4.78 is 13.1. The minimum absolute atomic E-state index is 0.0576. The van der Waals surface area contributed by atoms with Crippen LogP contribution in [0, 0.1) is 5.41 Å². The second kappa shape index (κ2) is 10.5. The predicted octanol–water partition coefficient (Wildman–Crippen LogP) is 2.55. The molecule has 0 radical (unpaired) electrons. The number of benzene rings is 1. The maximum absolute atomic E-state index is 13.2. The van der Waals surface area contributed by atoms with Crippen molar-refractivity contribution in [1.29, 1.82) is 0 Å². The molecule has 1 amide bonds. The lowest BCUT2D eigenvalue weighted by Crippen LogP contribution is -2.39. The molecule has 1 saturated heterocycles. The minimum Gasteiger partial charge on any atom is -0.491 e. The van der Waals surface area contributed by atoms with Crippen molar-refractivity contribution in [3.63, 3.8) is 0 Å². The van der Waals surface area contributed by atoms with E-state index in [1.54, 1.807) is 19.1 Å². The Bertz CT molecular complexity index is 1290. The van der Waals surface area contributed by atoms with Crippen molar-refractivity contribution in [1.82, 2.24) is 24.4 Å². The number of fused-ring (bicyclic) bond motifs is 1. The molecule has 3 heterocycles. The van der Waals surface area contributed by atoms with Crippen molar-refractivity contribution in [3.8, 4) is 11.5 Å². The summed E-state index contributed by atoms with van der Waals surface area (Å²) in [7, 11) is 1.51. The largest absolute Gasteiger partial charge is 0.491 e. The van der Waals surface area contributed by atoms with Gasteiger partial charge in [0.05, 0.1) is 18.1 Å². The normalized spacial score (nSPS) is 15.6. The molecule has 0 saturated carbocycles. The van der Waals surface area contributed by atoms with E-state index in [0.29, 0.717) is 41.0 Å². The highest BCUT2D eigenvalue weighted by Crippen LogP contribution is 2.34. The van der Waals surface area contributed by atoms with E-state index in [0.717, 1.165) is 32.5 Å². The van der Waals surface area contributed by atoms with E-state index in [1.165, 1.54) is 24.1 Å². The Kier molecular flexibility index (Phi) is 7.39. The molecule has 0 unspecified atom stereocenters. The molecule has 1 fully saturated rings. The first-order valence-corrected chi connectivity index (χ1v) is 12.1. The monoisotopic (exact) mass is 495 g/mol. The fourth-order valence-corrected chi connectivity index (χ4v) is 4.24. The number of hydrogen-bond acceptors (Lipinski definition) is 9. The number of nitrogens with zero attached hydrogens (tertiary/aromatic N) is 5. The number of likely N-dealkylation sites (tertiary alicyclic amines) is 1. The van der Waals surface area contributed by atoms with Gasteiger partial charge in [0.25, 0.3) is 11.5 Å². The van der Waals surface area contributed by atoms with Gasteiger partial charge < -0.3 is 15.2 Å². The molecule has 11 heteroatoms. The molecule has 0 bridgehead atoms. The summed E-state index contributed by atoms with van der Waals surface area (Å²) in [6.45, 7) is 10.1. The van der Waals surface area contributed by atoms with Gasteiger partial charge in [-0.15, -0.1) is 0 Å². The first kappa shape index (κ1) is 25.4. The second-order valence-corrected chi connectivity index (χ2v) is 9.62. The number of hydrogen-bond donors (Lipinski definition) is 2. The maximum Gasteiger partial charge on any atom is 0.262 e. The number of nitrogens with one attached hydrogen (secondary N) is 1. The molecule has 2 aromatic heterocycles. The molecular formula is C25H33N7O4. The quantitative estimate of drug-likeness (QED) is 0.483. The lowest BCUT2D eigenvalue weighted by atomic mass is 9.83. The standard InChI is InChI=1S/C25H33N7O4/c1-5-32-22(34)17-6-7-18(36-13-12-31-10-8-25(2,3)9-11-31)20(35-4)19(17)29-24(32)30-21(33)16-14-27-23(26)28-15-16/h6-7,14-15H,5,8-13H2,1-4H3,(H2,26,27,28)(H,29,30,33). The molecule has 1 aromatic carbocycles. The molecule has 11 nitrogen and oxygen atoms in total. The van der Waals surface area contributed by atoms with Crippen LogP contribution in [0.2, 0.25) is 0 Å². The van der Waals surface area contributed by atoms with Crippen molar-refractivity contribution < 1.29 is 14.3 Å². The van der Waals surface area contributed by atoms with Crippen LogP contribution < -0.4 is 26.1 Å². The first-order chi connectivity index (χ1) is 17.2. The lowest BCUT2D eigenvalue weighted by molar-refractivity contribution is 0.102. The van der Waals surface area contributed by atoms with Gasteiger partial charge in [-0.2, -0.15) is 0 Å². The number of carbonyl (C=O) groups excluding carboxylic acids is 1. The van der Waals surface area contributed by atoms with Gasteiger partial charge in [-0.05, 0) is 50.4 Å². The molecule has 0 atom stereocenters. The van der Waals surface area contributed by atoms with E-state index in [1.807, 2.05) is 0 Å². The number of aromatic nitrogens is 4. The Hall–Kier alpha value is -3.73. The van der Waals surface area contributed by atoms with E-state index in [-0.39, 0.29) is 23.0 Å². The van der Waals surface area contributed by atoms with Crippen molar-refractivity contribution in [3.05, 3.63) is 40.4 Å². The van der Waals surface area contributed by atoms with Crippen LogP contribution in [0.1, 0.15) is 44.0 Å². The first-order valence-electron chi connectivity index (χ1n) is 12.1. The summed E-state index contributed by atoms with van der Waals surface area (Å²) in [5.74, 6) is 0.469. The maximum atomic E-state index is 13.2. The Labute approximate surface area is 209 Å². The van der Waals surface area contributed by atoms with Crippen molar-refractivity contribution in [2.45, 2.75) is 40.2 Å². The Morgan fingerprint density at radius 2 is 1.89 bits per heavy atom. The lowest BCUT2D eigenvalue weighted by Gasteiger charge is -2.36. The van der Waals surface area contributed by atoms with Crippen LogP contribution in [0.3, 0.4) is 0 Å². The fraction of sp³-hybridized carbons (Fsp3) is 0.480. The molecule has 4 rings (SSSR count).